The molecule has 1 aromatic carbocycles. The van der Waals surface area contributed by atoms with Crippen LogP contribution in [-0.4, -0.2) is 64.3 Å². The summed E-state index contributed by atoms with van der Waals surface area (Å²) in [5.74, 6) is 0.872. The third-order valence-corrected chi connectivity index (χ3v) is 6.01. The Bertz CT molecular complexity index is 763. The minimum atomic E-state index is 0.122. The number of aromatic nitrogens is 2. The second-order valence-electron chi connectivity index (χ2n) is 8.13. The van der Waals surface area contributed by atoms with E-state index in [1.807, 2.05) is 52.3 Å². The van der Waals surface area contributed by atoms with E-state index in [9.17, 15) is 4.79 Å². The number of nitrogens with zero attached hydrogens (tertiary/aromatic N) is 4. The highest BCUT2D eigenvalue weighted by atomic mass is 16.5. The number of piperidine rings is 2. The van der Waals surface area contributed by atoms with Crippen LogP contribution in [0.15, 0.2) is 42.7 Å². The van der Waals surface area contributed by atoms with Gasteiger partial charge in [0, 0.05) is 45.1 Å². The molecule has 6 nitrogen and oxygen atoms in total. The van der Waals surface area contributed by atoms with Crippen LogP contribution < -0.4 is 4.74 Å². The molecular formula is C23H32N4O2. The molecule has 0 spiro atoms. The van der Waals surface area contributed by atoms with Crippen molar-refractivity contribution in [3.8, 4) is 5.75 Å². The molecule has 1 aromatic heterocycles. The van der Waals surface area contributed by atoms with Crippen LogP contribution >= 0.6 is 0 Å². The molecule has 2 aliphatic heterocycles. The van der Waals surface area contributed by atoms with Crippen LogP contribution in [0.2, 0.25) is 0 Å². The van der Waals surface area contributed by atoms with Gasteiger partial charge in [-0.2, -0.15) is 5.10 Å². The number of carbonyl (C=O) groups is 1. The first-order chi connectivity index (χ1) is 14.3. The Morgan fingerprint density at radius 2 is 1.79 bits per heavy atom. The lowest BCUT2D eigenvalue weighted by Gasteiger charge is -2.33. The lowest BCUT2D eigenvalue weighted by atomic mass is 10.1. The minimum absolute atomic E-state index is 0.122. The number of aryl methyl sites for hydroxylation is 1. The van der Waals surface area contributed by atoms with Gasteiger partial charge in [-0.15, -0.1) is 0 Å². The summed E-state index contributed by atoms with van der Waals surface area (Å²) in [5.41, 5.74) is 0.719. The van der Waals surface area contributed by atoms with E-state index < -0.39 is 0 Å². The molecular weight excluding hydrogens is 364 g/mol. The summed E-state index contributed by atoms with van der Waals surface area (Å²) in [4.78, 5) is 17.4. The molecule has 0 saturated carbocycles. The van der Waals surface area contributed by atoms with Crippen LogP contribution in [0.3, 0.4) is 0 Å². The van der Waals surface area contributed by atoms with Crippen molar-refractivity contribution >= 4 is 5.91 Å². The molecule has 3 heterocycles. The first-order valence-corrected chi connectivity index (χ1v) is 11.0. The maximum absolute atomic E-state index is 13.0. The molecule has 2 aromatic rings. The number of benzene rings is 1. The Balaban J connectivity index is 1.26. The van der Waals surface area contributed by atoms with Crippen LogP contribution in [-0.2, 0) is 6.54 Å². The lowest BCUT2D eigenvalue weighted by Crippen LogP contribution is -2.39. The molecule has 0 aliphatic carbocycles. The SMILES string of the molecule is O=C(c1ccccc1OC1CCN(CCCn2cccn2)CC1)N1CCCCC1. The normalized spacial score (nSPS) is 18.7. The first-order valence-electron chi connectivity index (χ1n) is 11.0. The van der Waals surface area contributed by atoms with Gasteiger partial charge in [0.25, 0.3) is 5.91 Å². The third-order valence-electron chi connectivity index (χ3n) is 6.01. The summed E-state index contributed by atoms with van der Waals surface area (Å²) in [6.45, 7) is 5.89. The van der Waals surface area contributed by atoms with Gasteiger partial charge in [0.05, 0.1) is 5.56 Å². The van der Waals surface area contributed by atoms with Crippen molar-refractivity contribution in [2.45, 2.75) is 51.2 Å². The predicted octanol–water partition coefficient (Wildman–Crippen LogP) is 3.44. The summed E-state index contributed by atoms with van der Waals surface area (Å²) in [7, 11) is 0. The maximum Gasteiger partial charge on any atom is 0.257 e. The smallest absolute Gasteiger partial charge is 0.257 e. The molecule has 1 amide bonds. The number of hydrogen-bond acceptors (Lipinski definition) is 4. The van der Waals surface area contributed by atoms with Crippen molar-refractivity contribution in [2.24, 2.45) is 0 Å². The number of hydrogen-bond donors (Lipinski definition) is 0. The molecule has 0 unspecified atom stereocenters. The van der Waals surface area contributed by atoms with E-state index in [1.165, 1.54) is 6.42 Å². The van der Waals surface area contributed by atoms with Crippen LogP contribution in [0.5, 0.6) is 5.75 Å². The molecule has 0 bridgehead atoms. The Kier molecular flexibility index (Phi) is 6.83. The zero-order valence-corrected chi connectivity index (χ0v) is 17.2. The molecule has 0 N–H and O–H groups in total. The van der Waals surface area contributed by atoms with Gasteiger partial charge in [0.15, 0.2) is 0 Å². The number of ether oxygens (including phenoxy) is 1. The fourth-order valence-electron chi connectivity index (χ4n) is 4.33. The maximum atomic E-state index is 13.0. The van der Waals surface area contributed by atoms with E-state index in [1.54, 1.807) is 0 Å². The number of amides is 1. The fraction of sp³-hybridized carbons (Fsp3) is 0.565. The van der Waals surface area contributed by atoms with Gasteiger partial charge in [-0.1, -0.05) is 12.1 Å². The van der Waals surface area contributed by atoms with Crippen molar-refractivity contribution in [3.63, 3.8) is 0 Å². The molecule has 0 radical (unpaired) electrons. The largest absolute Gasteiger partial charge is 0.489 e. The quantitative estimate of drug-likeness (QED) is 0.719. The van der Waals surface area contributed by atoms with Gasteiger partial charge in [0.1, 0.15) is 11.9 Å². The minimum Gasteiger partial charge on any atom is -0.489 e. The Hall–Kier alpha value is -2.34. The summed E-state index contributed by atoms with van der Waals surface area (Å²) < 4.78 is 8.31. The molecule has 6 heteroatoms. The summed E-state index contributed by atoms with van der Waals surface area (Å²) in [6.07, 6.45) is 10.6. The number of likely N-dealkylation sites (tertiary alicyclic amines) is 2. The zero-order chi connectivity index (χ0) is 19.9. The zero-order valence-electron chi connectivity index (χ0n) is 17.2. The summed E-state index contributed by atoms with van der Waals surface area (Å²) in [6, 6.07) is 9.74. The average Bonchev–Trinajstić information content (AvgIpc) is 3.29. The van der Waals surface area contributed by atoms with Crippen molar-refractivity contribution in [1.82, 2.24) is 19.6 Å². The fourth-order valence-corrected chi connectivity index (χ4v) is 4.33. The molecule has 2 fully saturated rings. The monoisotopic (exact) mass is 396 g/mol. The second-order valence-corrected chi connectivity index (χ2v) is 8.13. The highest BCUT2D eigenvalue weighted by molar-refractivity contribution is 5.97. The van der Waals surface area contributed by atoms with Crippen LogP contribution in [0.25, 0.3) is 0 Å². The topological polar surface area (TPSA) is 50.6 Å². The van der Waals surface area contributed by atoms with Gasteiger partial charge in [-0.3, -0.25) is 9.48 Å². The Morgan fingerprint density at radius 1 is 1.00 bits per heavy atom. The van der Waals surface area contributed by atoms with Crippen LogP contribution in [0.1, 0.15) is 48.9 Å². The van der Waals surface area contributed by atoms with Gasteiger partial charge >= 0.3 is 0 Å². The number of para-hydroxylation sites is 1. The average molecular weight is 397 g/mol. The number of rotatable bonds is 7. The molecule has 156 valence electrons. The standard InChI is InChI=1S/C23H32N4O2/c28-23(26-14-4-1-5-15-26)21-8-2-3-9-22(21)29-20-10-18-25(19-11-20)13-7-17-27-16-6-12-24-27/h2-3,6,8-9,12,16,20H,1,4-5,7,10-11,13-15,17-19H2. The van der Waals surface area contributed by atoms with E-state index in [0.29, 0.717) is 0 Å². The highest BCUT2D eigenvalue weighted by Crippen LogP contribution is 2.25. The molecule has 4 rings (SSSR count). The summed E-state index contributed by atoms with van der Waals surface area (Å²) in [5, 5.41) is 4.26. The van der Waals surface area contributed by atoms with E-state index in [2.05, 4.69) is 10.00 Å². The van der Waals surface area contributed by atoms with Crippen molar-refractivity contribution in [2.75, 3.05) is 32.7 Å². The first kappa shape index (κ1) is 20.0. The molecule has 29 heavy (non-hydrogen) atoms. The molecule has 2 saturated heterocycles. The van der Waals surface area contributed by atoms with Crippen LogP contribution in [0, 0.1) is 0 Å². The van der Waals surface area contributed by atoms with E-state index in [-0.39, 0.29) is 12.0 Å². The highest BCUT2D eigenvalue weighted by Gasteiger charge is 2.24. The van der Waals surface area contributed by atoms with E-state index in [4.69, 9.17) is 4.74 Å². The van der Waals surface area contributed by atoms with Gasteiger partial charge < -0.3 is 14.5 Å². The predicted molar refractivity (Wildman–Crippen MR) is 113 cm³/mol. The Labute approximate surface area is 173 Å². The second kappa shape index (κ2) is 9.92. The number of carbonyl (C=O) groups excluding carboxylic acids is 1. The van der Waals surface area contributed by atoms with Gasteiger partial charge in [0.2, 0.25) is 0 Å². The van der Waals surface area contributed by atoms with E-state index >= 15 is 0 Å². The third kappa shape index (κ3) is 5.38. The van der Waals surface area contributed by atoms with Gasteiger partial charge in [-0.25, -0.2) is 0 Å². The van der Waals surface area contributed by atoms with Gasteiger partial charge in [-0.05, 0) is 63.3 Å². The Morgan fingerprint density at radius 3 is 2.55 bits per heavy atom. The molecule has 2 aliphatic rings. The molecule has 0 atom stereocenters. The van der Waals surface area contributed by atoms with Crippen molar-refractivity contribution in [1.29, 1.82) is 0 Å². The van der Waals surface area contributed by atoms with Crippen molar-refractivity contribution < 1.29 is 9.53 Å². The van der Waals surface area contributed by atoms with Crippen LogP contribution in [0.4, 0.5) is 0 Å². The van der Waals surface area contributed by atoms with E-state index in [0.717, 1.165) is 82.7 Å². The summed E-state index contributed by atoms with van der Waals surface area (Å²) >= 11 is 0. The van der Waals surface area contributed by atoms with Crippen molar-refractivity contribution in [3.05, 3.63) is 48.3 Å². The lowest BCUT2D eigenvalue weighted by molar-refractivity contribution is 0.0703.